The molecule has 2 N–H and O–H groups in total. The van der Waals surface area contributed by atoms with Crippen LogP contribution >= 0.6 is 0 Å². The second-order valence-corrected chi connectivity index (χ2v) is 4.77. The molecule has 1 atom stereocenters. The minimum atomic E-state index is -1.08. The summed E-state index contributed by atoms with van der Waals surface area (Å²) >= 11 is 0. The van der Waals surface area contributed by atoms with Crippen molar-refractivity contribution in [2.45, 2.75) is 26.8 Å². The normalized spacial score (nSPS) is 20.6. The molecule has 0 fully saturated rings. The van der Waals surface area contributed by atoms with Crippen molar-refractivity contribution >= 4 is 11.9 Å². The van der Waals surface area contributed by atoms with Crippen LogP contribution in [-0.2, 0) is 16.1 Å². The van der Waals surface area contributed by atoms with E-state index in [0.717, 1.165) is 6.54 Å². The minimum absolute atomic E-state index is 0.0359. The quantitative estimate of drug-likeness (QED) is 0.889. The summed E-state index contributed by atoms with van der Waals surface area (Å²) < 4.78 is 2.12. The summed E-state index contributed by atoms with van der Waals surface area (Å²) in [4.78, 5) is 21.3. The molecule has 2 rings (SSSR count). The second kappa shape index (κ2) is 6.75. The molecule has 0 aliphatic heterocycles. The van der Waals surface area contributed by atoms with Crippen molar-refractivity contribution in [2.75, 3.05) is 0 Å². The molecule has 0 aromatic carbocycles. The van der Waals surface area contributed by atoms with Crippen LogP contribution < -0.4 is 0 Å². The molecule has 0 spiro atoms. The highest BCUT2D eigenvalue weighted by atomic mass is 16.4. The maximum Gasteiger partial charge on any atom is 0.331 e. The van der Waals surface area contributed by atoms with Gasteiger partial charge in [-0.15, -0.1) is 0 Å². The number of hydrogen-bond acceptors (Lipinski definition) is 2. The molecule has 1 unspecified atom stereocenters. The zero-order valence-electron chi connectivity index (χ0n) is 11.6. The molecule has 5 heteroatoms. The molecule has 1 aromatic rings. The molecule has 1 aliphatic carbocycles. The number of hydrogen-bond donors (Lipinski definition) is 2. The fourth-order valence-corrected chi connectivity index (χ4v) is 1.76. The predicted molar refractivity (Wildman–Crippen MR) is 75.3 cm³/mol. The fourth-order valence-electron chi connectivity index (χ4n) is 1.76. The van der Waals surface area contributed by atoms with E-state index in [-0.39, 0.29) is 12.0 Å². The Kier molecular flexibility index (Phi) is 5.32. The van der Waals surface area contributed by atoms with Gasteiger partial charge in [-0.3, -0.25) is 4.79 Å². The molecule has 0 radical (unpaired) electrons. The largest absolute Gasteiger partial charge is 0.481 e. The van der Waals surface area contributed by atoms with Gasteiger partial charge in [-0.05, 0) is 32.4 Å². The van der Waals surface area contributed by atoms with Gasteiger partial charge in [-0.2, -0.15) is 0 Å². The molecular formula is C15H19NO4. The molecule has 0 saturated carbocycles. The number of carboxylic acid groups (broad SMARTS) is 2. The number of carbonyl (C=O) groups is 2. The predicted octanol–water partition coefficient (Wildman–Crippen LogP) is 2.56. The van der Waals surface area contributed by atoms with Crippen molar-refractivity contribution in [3.63, 3.8) is 0 Å². The Labute approximate surface area is 117 Å². The molecule has 0 bridgehead atoms. The topological polar surface area (TPSA) is 79.5 Å². The van der Waals surface area contributed by atoms with Crippen LogP contribution in [0.5, 0.6) is 0 Å². The van der Waals surface area contributed by atoms with E-state index in [9.17, 15) is 9.59 Å². The maximum atomic E-state index is 10.8. The van der Waals surface area contributed by atoms with Crippen molar-refractivity contribution in [2.24, 2.45) is 5.41 Å². The number of allylic oxidation sites excluding steroid dienone is 2. The van der Waals surface area contributed by atoms with Gasteiger partial charge in [0, 0.05) is 24.5 Å². The lowest BCUT2D eigenvalue weighted by Crippen LogP contribution is -2.28. The van der Waals surface area contributed by atoms with E-state index in [1.54, 1.807) is 0 Å². The van der Waals surface area contributed by atoms with E-state index in [2.05, 4.69) is 23.9 Å². The Morgan fingerprint density at radius 3 is 2.30 bits per heavy atom. The minimum Gasteiger partial charge on any atom is -0.481 e. The first kappa shape index (κ1) is 15.8. The third-order valence-electron chi connectivity index (χ3n) is 3.11. The SMILES string of the molecule is CC1(C(=O)O)C=CC=C(C(=O)O)C1.CCn1cccc1. The first-order chi connectivity index (χ1) is 9.39. The summed E-state index contributed by atoms with van der Waals surface area (Å²) in [6.45, 7) is 4.70. The van der Waals surface area contributed by atoms with Crippen molar-refractivity contribution < 1.29 is 19.8 Å². The van der Waals surface area contributed by atoms with Crippen LogP contribution in [0.1, 0.15) is 20.3 Å². The lowest BCUT2D eigenvalue weighted by atomic mass is 9.80. The first-order valence-corrected chi connectivity index (χ1v) is 6.35. The molecule has 1 aromatic heterocycles. The highest BCUT2D eigenvalue weighted by Crippen LogP contribution is 2.31. The zero-order valence-corrected chi connectivity index (χ0v) is 11.6. The van der Waals surface area contributed by atoms with Crippen LogP contribution in [0.3, 0.4) is 0 Å². The average Bonchev–Trinajstić information content (AvgIpc) is 2.92. The van der Waals surface area contributed by atoms with Crippen molar-refractivity contribution in [3.05, 3.63) is 48.3 Å². The molecule has 1 heterocycles. The van der Waals surface area contributed by atoms with Gasteiger partial charge in [0.05, 0.1) is 5.41 Å². The lowest BCUT2D eigenvalue weighted by Gasteiger charge is -2.23. The summed E-state index contributed by atoms with van der Waals surface area (Å²) in [7, 11) is 0. The van der Waals surface area contributed by atoms with Crippen LogP contribution in [0.25, 0.3) is 0 Å². The van der Waals surface area contributed by atoms with Crippen LogP contribution in [0.4, 0.5) is 0 Å². The third kappa shape index (κ3) is 4.12. The van der Waals surface area contributed by atoms with Gasteiger partial charge in [0.15, 0.2) is 0 Å². The van der Waals surface area contributed by atoms with Gasteiger partial charge in [-0.25, -0.2) is 4.79 Å². The Morgan fingerprint density at radius 2 is 1.90 bits per heavy atom. The lowest BCUT2D eigenvalue weighted by molar-refractivity contribution is -0.145. The van der Waals surface area contributed by atoms with Gasteiger partial charge >= 0.3 is 11.9 Å². The summed E-state index contributed by atoms with van der Waals surface area (Å²) in [6, 6.07) is 4.06. The van der Waals surface area contributed by atoms with Crippen LogP contribution in [-0.4, -0.2) is 26.7 Å². The maximum absolute atomic E-state index is 10.8. The molecular weight excluding hydrogens is 258 g/mol. The number of nitrogens with zero attached hydrogens (tertiary/aromatic N) is 1. The monoisotopic (exact) mass is 277 g/mol. The van der Waals surface area contributed by atoms with Gasteiger partial charge in [0.1, 0.15) is 0 Å². The number of aryl methyl sites for hydroxylation is 1. The molecule has 5 nitrogen and oxygen atoms in total. The van der Waals surface area contributed by atoms with Crippen molar-refractivity contribution in [3.8, 4) is 0 Å². The molecule has 0 amide bonds. The van der Waals surface area contributed by atoms with Crippen molar-refractivity contribution in [1.82, 2.24) is 4.57 Å². The van der Waals surface area contributed by atoms with Crippen LogP contribution in [0, 0.1) is 5.41 Å². The van der Waals surface area contributed by atoms with E-state index in [1.165, 1.54) is 25.2 Å². The Morgan fingerprint density at radius 1 is 1.30 bits per heavy atom. The standard InChI is InChI=1S/C9H10O4.C6H9N/c1-9(8(12)13)4-2-3-6(5-9)7(10)11;1-2-7-5-3-4-6-7/h2-4H,5H2,1H3,(H,10,11)(H,12,13);3-6H,2H2,1H3. The number of rotatable bonds is 3. The Balaban J connectivity index is 0.000000240. The Bertz CT molecular complexity index is 528. The van der Waals surface area contributed by atoms with Gasteiger partial charge < -0.3 is 14.8 Å². The smallest absolute Gasteiger partial charge is 0.331 e. The molecule has 20 heavy (non-hydrogen) atoms. The van der Waals surface area contributed by atoms with E-state index in [0.29, 0.717) is 0 Å². The average molecular weight is 277 g/mol. The molecule has 108 valence electrons. The summed E-state index contributed by atoms with van der Waals surface area (Å²) in [5.41, 5.74) is -0.949. The highest BCUT2D eigenvalue weighted by Gasteiger charge is 2.34. The van der Waals surface area contributed by atoms with Crippen LogP contribution in [0.15, 0.2) is 48.3 Å². The van der Waals surface area contributed by atoms with Gasteiger partial charge in [-0.1, -0.05) is 18.2 Å². The number of carboxylic acids is 2. The summed E-state index contributed by atoms with van der Waals surface area (Å²) in [6.07, 6.45) is 8.55. The van der Waals surface area contributed by atoms with Crippen LogP contribution in [0.2, 0.25) is 0 Å². The molecule has 1 aliphatic rings. The Hall–Kier alpha value is -2.30. The van der Waals surface area contributed by atoms with E-state index < -0.39 is 17.4 Å². The second-order valence-electron chi connectivity index (χ2n) is 4.77. The zero-order chi connectivity index (χ0) is 15.2. The summed E-state index contributed by atoms with van der Waals surface area (Å²) in [5, 5.41) is 17.5. The third-order valence-corrected chi connectivity index (χ3v) is 3.11. The van der Waals surface area contributed by atoms with E-state index >= 15 is 0 Å². The van der Waals surface area contributed by atoms with Gasteiger partial charge in [0.2, 0.25) is 0 Å². The fraction of sp³-hybridized carbons (Fsp3) is 0.333. The summed E-state index contributed by atoms with van der Waals surface area (Å²) in [5.74, 6) is -2.06. The number of aliphatic carboxylic acids is 2. The highest BCUT2D eigenvalue weighted by molar-refractivity contribution is 5.90. The first-order valence-electron chi connectivity index (χ1n) is 6.35. The molecule has 0 saturated heterocycles. The van der Waals surface area contributed by atoms with Crippen molar-refractivity contribution in [1.29, 1.82) is 0 Å². The van der Waals surface area contributed by atoms with E-state index in [1.807, 2.05) is 12.1 Å². The number of aromatic nitrogens is 1. The van der Waals surface area contributed by atoms with E-state index in [4.69, 9.17) is 10.2 Å². The van der Waals surface area contributed by atoms with Gasteiger partial charge in [0.25, 0.3) is 0 Å².